The zero-order chi connectivity index (χ0) is 18.5. The lowest BCUT2D eigenvalue weighted by Gasteiger charge is -2.27. The second-order valence-corrected chi connectivity index (χ2v) is 6.50. The van der Waals surface area contributed by atoms with Crippen molar-refractivity contribution in [2.75, 3.05) is 13.2 Å². The molecule has 2 N–H and O–H groups in total. The van der Waals surface area contributed by atoms with Crippen LogP contribution in [0.2, 0.25) is 0 Å². The predicted molar refractivity (Wildman–Crippen MR) is 97.4 cm³/mol. The third-order valence-electron chi connectivity index (χ3n) is 4.45. The summed E-state index contributed by atoms with van der Waals surface area (Å²) in [4.78, 5) is 13.4. The highest BCUT2D eigenvalue weighted by atomic mass is 16.5. The van der Waals surface area contributed by atoms with Crippen molar-refractivity contribution in [1.82, 2.24) is 20.0 Å². The molecule has 140 valence electrons. The number of hydrogen-bond acceptors (Lipinski definition) is 5. The average Bonchev–Trinajstić information content (AvgIpc) is 3.03. The lowest BCUT2D eigenvalue weighted by Crippen LogP contribution is -2.33. The molecule has 1 aliphatic rings. The Bertz CT molecular complexity index is 772. The van der Waals surface area contributed by atoms with Crippen LogP contribution in [-0.4, -0.2) is 38.8 Å². The summed E-state index contributed by atoms with van der Waals surface area (Å²) in [7, 11) is 0. The first kappa shape index (κ1) is 18.4. The molecule has 1 aliphatic heterocycles. The van der Waals surface area contributed by atoms with Crippen LogP contribution in [0, 0.1) is 0 Å². The van der Waals surface area contributed by atoms with E-state index in [9.17, 15) is 9.90 Å². The van der Waals surface area contributed by atoms with Gasteiger partial charge in [0.1, 0.15) is 5.75 Å². The molecule has 0 fully saturated rings. The standard InChI is InChI=1S/C19H26N4O3/c1-3-26-19-5-4-15(8-16(19)13-24)11-22-6-7-23-18(12-22)9-17(21-23)10-20-14(2)25/h4-5,8-9,24H,3,6-7,10-13H2,1-2H3,(H,20,25). The van der Waals surface area contributed by atoms with Gasteiger partial charge in [-0.1, -0.05) is 6.07 Å². The number of aromatic nitrogens is 2. The van der Waals surface area contributed by atoms with E-state index in [1.54, 1.807) is 0 Å². The molecule has 0 atom stereocenters. The molecule has 7 nitrogen and oxygen atoms in total. The molecular formula is C19H26N4O3. The van der Waals surface area contributed by atoms with Crippen LogP contribution in [0.1, 0.15) is 36.4 Å². The van der Waals surface area contributed by atoms with E-state index in [-0.39, 0.29) is 12.5 Å². The summed E-state index contributed by atoms with van der Waals surface area (Å²) in [6, 6.07) is 8.06. The fourth-order valence-electron chi connectivity index (χ4n) is 3.23. The molecular weight excluding hydrogens is 332 g/mol. The van der Waals surface area contributed by atoms with Gasteiger partial charge in [0, 0.05) is 32.1 Å². The van der Waals surface area contributed by atoms with Crippen LogP contribution in [0.3, 0.4) is 0 Å². The van der Waals surface area contributed by atoms with E-state index in [4.69, 9.17) is 4.74 Å². The molecule has 2 aromatic rings. The number of rotatable bonds is 7. The molecule has 0 aliphatic carbocycles. The maximum atomic E-state index is 11.1. The van der Waals surface area contributed by atoms with E-state index in [2.05, 4.69) is 27.4 Å². The van der Waals surface area contributed by atoms with Crippen LogP contribution >= 0.6 is 0 Å². The number of carbonyl (C=O) groups excluding carboxylic acids is 1. The predicted octanol–water partition coefficient (Wildman–Crippen LogP) is 1.43. The Labute approximate surface area is 153 Å². The molecule has 0 saturated carbocycles. The zero-order valence-corrected chi connectivity index (χ0v) is 15.4. The molecule has 0 bridgehead atoms. The monoisotopic (exact) mass is 358 g/mol. The Balaban J connectivity index is 1.65. The number of amides is 1. The van der Waals surface area contributed by atoms with Crippen LogP contribution in [0.4, 0.5) is 0 Å². The van der Waals surface area contributed by atoms with Crippen LogP contribution in [0.15, 0.2) is 24.3 Å². The summed E-state index contributed by atoms with van der Waals surface area (Å²) >= 11 is 0. The maximum Gasteiger partial charge on any atom is 0.217 e. The van der Waals surface area contributed by atoms with Crippen molar-refractivity contribution < 1.29 is 14.6 Å². The number of nitrogens with zero attached hydrogens (tertiary/aromatic N) is 3. The quantitative estimate of drug-likeness (QED) is 0.783. The minimum atomic E-state index is -0.0483. The molecule has 1 aromatic heterocycles. The molecule has 0 unspecified atom stereocenters. The minimum Gasteiger partial charge on any atom is -0.494 e. The Morgan fingerprint density at radius 1 is 1.35 bits per heavy atom. The largest absolute Gasteiger partial charge is 0.494 e. The maximum absolute atomic E-state index is 11.1. The van der Waals surface area contributed by atoms with E-state index in [1.165, 1.54) is 6.92 Å². The molecule has 1 aromatic carbocycles. The Kier molecular flexibility index (Phi) is 5.90. The number of benzene rings is 1. The lowest BCUT2D eigenvalue weighted by molar-refractivity contribution is -0.119. The number of aliphatic hydroxyl groups excluding tert-OH is 1. The third kappa shape index (κ3) is 4.42. The van der Waals surface area contributed by atoms with Crippen molar-refractivity contribution in [3.8, 4) is 5.75 Å². The first-order valence-corrected chi connectivity index (χ1v) is 8.97. The number of ether oxygens (including phenoxy) is 1. The van der Waals surface area contributed by atoms with Crippen LogP contribution in [-0.2, 0) is 37.6 Å². The molecule has 0 saturated heterocycles. The summed E-state index contributed by atoms with van der Waals surface area (Å²) in [5, 5.41) is 16.9. The van der Waals surface area contributed by atoms with Gasteiger partial charge >= 0.3 is 0 Å². The van der Waals surface area contributed by atoms with Crippen molar-refractivity contribution >= 4 is 5.91 Å². The Morgan fingerprint density at radius 2 is 2.19 bits per heavy atom. The molecule has 0 radical (unpaired) electrons. The van der Waals surface area contributed by atoms with Gasteiger partial charge < -0.3 is 15.2 Å². The van der Waals surface area contributed by atoms with Crippen molar-refractivity contribution in [3.05, 3.63) is 46.8 Å². The van der Waals surface area contributed by atoms with Gasteiger partial charge in [-0.3, -0.25) is 14.4 Å². The van der Waals surface area contributed by atoms with E-state index in [0.29, 0.717) is 13.2 Å². The van der Waals surface area contributed by atoms with Gasteiger partial charge in [0.25, 0.3) is 0 Å². The highest BCUT2D eigenvalue weighted by Crippen LogP contribution is 2.22. The molecule has 7 heteroatoms. The molecule has 0 spiro atoms. The van der Waals surface area contributed by atoms with E-state index < -0.39 is 0 Å². The summed E-state index contributed by atoms with van der Waals surface area (Å²) < 4.78 is 7.57. The van der Waals surface area contributed by atoms with Crippen LogP contribution < -0.4 is 10.1 Å². The number of aliphatic hydroxyl groups is 1. The number of hydrogen-bond donors (Lipinski definition) is 2. The molecule has 3 rings (SSSR count). The van der Waals surface area contributed by atoms with E-state index >= 15 is 0 Å². The number of fused-ring (bicyclic) bond motifs is 1. The summed E-state index contributed by atoms with van der Waals surface area (Å²) in [5.41, 5.74) is 4.03. The van der Waals surface area contributed by atoms with Gasteiger partial charge in [0.2, 0.25) is 5.91 Å². The Morgan fingerprint density at radius 3 is 2.92 bits per heavy atom. The van der Waals surface area contributed by atoms with Gasteiger partial charge in [0.05, 0.1) is 37.7 Å². The van der Waals surface area contributed by atoms with Crippen molar-refractivity contribution in [2.45, 2.75) is 46.6 Å². The molecule has 2 heterocycles. The number of carbonyl (C=O) groups is 1. The molecule has 1 amide bonds. The first-order chi connectivity index (χ1) is 12.6. The fourth-order valence-corrected chi connectivity index (χ4v) is 3.23. The summed E-state index contributed by atoms with van der Waals surface area (Å²) in [5.74, 6) is 0.700. The number of nitrogens with one attached hydrogen (secondary N) is 1. The van der Waals surface area contributed by atoms with Crippen molar-refractivity contribution in [2.24, 2.45) is 0 Å². The zero-order valence-electron chi connectivity index (χ0n) is 15.4. The summed E-state index contributed by atoms with van der Waals surface area (Å²) in [6.07, 6.45) is 0. The lowest BCUT2D eigenvalue weighted by atomic mass is 10.1. The third-order valence-corrected chi connectivity index (χ3v) is 4.45. The van der Waals surface area contributed by atoms with Crippen LogP contribution in [0.25, 0.3) is 0 Å². The summed E-state index contributed by atoms with van der Waals surface area (Å²) in [6.45, 7) is 7.84. The van der Waals surface area contributed by atoms with Gasteiger partial charge in [-0.2, -0.15) is 5.10 Å². The van der Waals surface area contributed by atoms with Crippen molar-refractivity contribution in [3.63, 3.8) is 0 Å². The fraction of sp³-hybridized carbons (Fsp3) is 0.474. The van der Waals surface area contributed by atoms with Gasteiger partial charge in [-0.05, 0) is 30.7 Å². The second-order valence-electron chi connectivity index (χ2n) is 6.50. The SMILES string of the molecule is CCOc1ccc(CN2CCn3nc(CNC(C)=O)cc3C2)cc1CO. The first-order valence-electron chi connectivity index (χ1n) is 8.97. The van der Waals surface area contributed by atoms with E-state index in [0.717, 1.165) is 54.4 Å². The average molecular weight is 358 g/mol. The Hall–Kier alpha value is -2.38. The topological polar surface area (TPSA) is 79.6 Å². The second kappa shape index (κ2) is 8.33. The van der Waals surface area contributed by atoms with Crippen LogP contribution in [0.5, 0.6) is 5.75 Å². The highest BCUT2D eigenvalue weighted by molar-refractivity contribution is 5.72. The molecule has 26 heavy (non-hydrogen) atoms. The smallest absolute Gasteiger partial charge is 0.217 e. The van der Waals surface area contributed by atoms with Crippen molar-refractivity contribution in [1.29, 1.82) is 0 Å². The minimum absolute atomic E-state index is 0.0253. The normalized spacial score (nSPS) is 14.1. The van der Waals surface area contributed by atoms with Gasteiger partial charge in [0.15, 0.2) is 0 Å². The highest BCUT2D eigenvalue weighted by Gasteiger charge is 2.19. The van der Waals surface area contributed by atoms with Gasteiger partial charge in [-0.25, -0.2) is 0 Å². The van der Waals surface area contributed by atoms with Gasteiger partial charge in [-0.15, -0.1) is 0 Å². The van der Waals surface area contributed by atoms with E-state index in [1.807, 2.05) is 23.7 Å².